The van der Waals surface area contributed by atoms with E-state index in [1.807, 2.05) is 43.3 Å². The molecule has 0 fully saturated rings. The second-order valence-corrected chi connectivity index (χ2v) is 9.48. The number of thiazole rings is 1. The van der Waals surface area contributed by atoms with Crippen molar-refractivity contribution in [3.05, 3.63) is 53.2 Å². The van der Waals surface area contributed by atoms with Gasteiger partial charge in [-0.1, -0.05) is 36.8 Å². The number of carbonyl (C=O) groups excluding carboxylic acids is 1. The highest BCUT2D eigenvalue weighted by Gasteiger charge is 2.35. The molecule has 0 bridgehead atoms. The van der Waals surface area contributed by atoms with Gasteiger partial charge in [0.05, 0.1) is 36.7 Å². The Labute approximate surface area is 207 Å². The van der Waals surface area contributed by atoms with Crippen molar-refractivity contribution in [1.82, 2.24) is 14.8 Å². The first kappa shape index (κ1) is 23.2. The predicted molar refractivity (Wildman–Crippen MR) is 137 cm³/mol. The lowest BCUT2D eigenvalue weighted by atomic mass is 9.85. The third kappa shape index (κ3) is 4.20. The van der Waals surface area contributed by atoms with Crippen molar-refractivity contribution in [2.24, 2.45) is 0 Å². The van der Waals surface area contributed by atoms with Crippen LogP contribution in [0, 0.1) is 6.92 Å². The van der Waals surface area contributed by atoms with Crippen LogP contribution in [0.5, 0.6) is 17.2 Å². The lowest BCUT2D eigenvalue weighted by molar-refractivity contribution is -0.116. The normalized spacial score (nSPS) is 15.1. The number of hydrogen-bond acceptors (Lipinski definition) is 7. The molecule has 2 aromatic carbocycles. The fourth-order valence-electron chi connectivity index (χ4n) is 4.50. The highest BCUT2D eigenvalue weighted by atomic mass is 32.1. The summed E-state index contributed by atoms with van der Waals surface area (Å²) in [5.74, 6) is 2.48. The van der Waals surface area contributed by atoms with Crippen LogP contribution in [-0.2, 0) is 4.79 Å². The van der Waals surface area contributed by atoms with E-state index in [0.717, 1.165) is 45.6 Å². The summed E-state index contributed by atoms with van der Waals surface area (Å²) in [5.41, 5.74) is 3.58. The molecule has 0 saturated carbocycles. The number of rotatable bonds is 8. The molecule has 182 valence electrons. The van der Waals surface area contributed by atoms with Gasteiger partial charge >= 0.3 is 0 Å². The first-order chi connectivity index (χ1) is 17.0. The Morgan fingerprint density at radius 1 is 1.20 bits per heavy atom. The number of unbranched alkanes of at least 4 members (excludes halogenated alkanes) is 1. The minimum absolute atomic E-state index is 0.0752. The average Bonchev–Trinajstić information content (AvgIpc) is 3.43. The number of nitrogens with one attached hydrogen (secondary N) is 1. The summed E-state index contributed by atoms with van der Waals surface area (Å²) in [4.78, 5) is 17.7. The zero-order valence-electron chi connectivity index (χ0n) is 20.3. The van der Waals surface area contributed by atoms with Crippen LogP contribution in [0.1, 0.15) is 48.9 Å². The van der Waals surface area contributed by atoms with Gasteiger partial charge in [-0.05, 0) is 37.6 Å². The molecule has 8 nitrogen and oxygen atoms in total. The van der Waals surface area contributed by atoms with E-state index in [0.29, 0.717) is 35.5 Å². The van der Waals surface area contributed by atoms with Crippen molar-refractivity contribution in [2.75, 3.05) is 26.1 Å². The van der Waals surface area contributed by atoms with Crippen molar-refractivity contribution >= 4 is 33.3 Å². The van der Waals surface area contributed by atoms with Crippen LogP contribution in [0.3, 0.4) is 0 Å². The molecule has 35 heavy (non-hydrogen) atoms. The third-order valence-corrected chi connectivity index (χ3v) is 7.21. The molecule has 1 unspecified atom stereocenters. The van der Waals surface area contributed by atoms with E-state index < -0.39 is 0 Å². The number of hydrogen-bond donors (Lipinski definition) is 1. The van der Waals surface area contributed by atoms with Gasteiger partial charge in [-0.3, -0.25) is 4.79 Å². The number of aryl methyl sites for hydroxylation is 1. The van der Waals surface area contributed by atoms with Gasteiger partial charge in [0.1, 0.15) is 11.6 Å². The average molecular weight is 493 g/mol. The molecule has 0 radical (unpaired) electrons. The summed E-state index contributed by atoms with van der Waals surface area (Å²) < 4.78 is 19.9. The monoisotopic (exact) mass is 492 g/mol. The second kappa shape index (κ2) is 9.58. The van der Waals surface area contributed by atoms with Gasteiger partial charge in [0.25, 0.3) is 0 Å². The second-order valence-electron chi connectivity index (χ2n) is 8.48. The standard InChI is InChI=1S/C26H28N4O4S/c1-5-6-12-34-24-17(8-7-9-20(24)33-4)18-14-22(31)28-25-23(18)15(2)29-30(25)26-27-19-11-10-16(32-3)13-21(19)35-26/h7-11,13,18H,5-6,12,14H2,1-4H3,(H,28,31). The molecule has 1 amide bonds. The van der Waals surface area contributed by atoms with E-state index >= 15 is 0 Å². The molecule has 5 rings (SSSR count). The van der Waals surface area contributed by atoms with Crippen LogP contribution in [-0.4, -0.2) is 41.5 Å². The molecule has 1 N–H and O–H groups in total. The van der Waals surface area contributed by atoms with Crippen molar-refractivity contribution in [1.29, 1.82) is 0 Å². The number of fused-ring (bicyclic) bond motifs is 2. The van der Waals surface area contributed by atoms with Gasteiger partial charge in [-0.25, -0.2) is 4.98 Å². The van der Waals surface area contributed by atoms with E-state index in [1.54, 1.807) is 18.9 Å². The molecule has 4 aromatic rings. The van der Waals surface area contributed by atoms with Crippen molar-refractivity contribution < 1.29 is 19.0 Å². The number of ether oxygens (including phenoxy) is 3. The van der Waals surface area contributed by atoms with E-state index in [9.17, 15) is 4.79 Å². The molecular weight excluding hydrogens is 464 g/mol. The highest BCUT2D eigenvalue weighted by molar-refractivity contribution is 7.20. The molecule has 0 saturated heterocycles. The van der Waals surface area contributed by atoms with Gasteiger partial charge in [-0.2, -0.15) is 9.78 Å². The third-order valence-electron chi connectivity index (χ3n) is 6.22. The highest BCUT2D eigenvalue weighted by Crippen LogP contribution is 2.46. The first-order valence-corrected chi connectivity index (χ1v) is 12.5. The summed E-state index contributed by atoms with van der Waals surface area (Å²) in [6.45, 7) is 4.68. The molecule has 1 aliphatic heterocycles. The topological polar surface area (TPSA) is 87.5 Å². The number of carbonyl (C=O) groups is 1. The lowest BCUT2D eigenvalue weighted by Crippen LogP contribution is -2.25. The van der Waals surface area contributed by atoms with E-state index in [1.165, 1.54) is 11.3 Å². The number of para-hydroxylation sites is 1. The minimum atomic E-state index is -0.214. The number of aromatic nitrogens is 3. The summed E-state index contributed by atoms with van der Waals surface area (Å²) in [7, 11) is 3.28. The quantitative estimate of drug-likeness (QED) is 0.329. The minimum Gasteiger partial charge on any atom is -0.497 e. The van der Waals surface area contributed by atoms with E-state index in [4.69, 9.17) is 24.3 Å². The Morgan fingerprint density at radius 2 is 2.06 bits per heavy atom. The Bertz CT molecular complexity index is 1390. The zero-order chi connectivity index (χ0) is 24.5. The number of methoxy groups -OCH3 is 2. The van der Waals surface area contributed by atoms with Crippen LogP contribution >= 0.6 is 11.3 Å². The van der Waals surface area contributed by atoms with E-state index in [-0.39, 0.29) is 11.8 Å². The number of benzene rings is 2. The Kier molecular flexibility index (Phi) is 6.34. The smallest absolute Gasteiger partial charge is 0.226 e. The number of nitrogens with zero attached hydrogens (tertiary/aromatic N) is 3. The zero-order valence-corrected chi connectivity index (χ0v) is 21.1. The predicted octanol–water partition coefficient (Wildman–Crippen LogP) is 5.46. The summed E-state index contributed by atoms with van der Waals surface area (Å²) >= 11 is 1.50. The fourth-order valence-corrected chi connectivity index (χ4v) is 5.46. The molecule has 9 heteroatoms. The van der Waals surface area contributed by atoms with Crippen LogP contribution < -0.4 is 19.5 Å². The maximum Gasteiger partial charge on any atom is 0.226 e. The number of anilines is 1. The van der Waals surface area contributed by atoms with Crippen LogP contribution in [0.25, 0.3) is 15.3 Å². The lowest BCUT2D eigenvalue weighted by Gasteiger charge is -2.26. The van der Waals surface area contributed by atoms with Crippen molar-refractivity contribution in [3.8, 4) is 22.4 Å². The van der Waals surface area contributed by atoms with Crippen molar-refractivity contribution in [3.63, 3.8) is 0 Å². The van der Waals surface area contributed by atoms with Gasteiger partial charge in [0.15, 0.2) is 11.5 Å². The summed E-state index contributed by atoms with van der Waals surface area (Å²) in [6, 6.07) is 11.6. The molecule has 0 aliphatic carbocycles. The Hall–Kier alpha value is -3.59. The van der Waals surface area contributed by atoms with Crippen LogP contribution in [0.4, 0.5) is 5.82 Å². The van der Waals surface area contributed by atoms with Gasteiger partial charge < -0.3 is 19.5 Å². The molecular formula is C26H28N4O4S. The maximum atomic E-state index is 12.9. The Balaban J connectivity index is 1.62. The molecule has 2 aromatic heterocycles. The molecule has 3 heterocycles. The molecule has 1 atom stereocenters. The van der Waals surface area contributed by atoms with Crippen molar-refractivity contribution in [2.45, 2.75) is 39.0 Å². The Morgan fingerprint density at radius 3 is 2.83 bits per heavy atom. The van der Waals surface area contributed by atoms with Crippen LogP contribution in [0.2, 0.25) is 0 Å². The first-order valence-electron chi connectivity index (χ1n) is 11.7. The number of amides is 1. The largest absolute Gasteiger partial charge is 0.497 e. The fraction of sp³-hybridized carbons (Fsp3) is 0.346. The van der Waals surface area contributed by atoms with E-state index in [2.05, 4.69) is 12.2 Å². The van der Waals surface area contributed by atoms with Gasteiger partial charge in [0, 0.05) is 23.5 Å². The maximum absolute atomic E-state index is 12.9. The SMILES string of the molecule is CCCCOc1c(OC)cccc1C1CC(=O)Nc2c1c(C)nn2-c1nc2ccc(OC)cc2s1. The van der Waals surface area contributed by atoms with Crippen LogP contribution in [0.15, 0.2) is 36.4 Å². The van der Waals surface area contributed by atoms with Gasteiger partial charge in [-0.15, -0.1) is 0 Å². The van der Waals surface area contributed by atoms with Gasteiger partial charge in [0.2, 0.25) is 11.0 Å². The summed E-state index contributed by atoms with van der Waals surface area (Å²) in [5, 5.41) is 8.53. The molecule has 1 aliphatic rings. The summed E-state index contributed by atoms with van der Waals surface area (Å²) in [6.07, 6.45) is 2.27. The molecule has 0 spiro atoms.